The molecule has 2 heterocycles. The topological polar surface area (TPSA) is 64.1 Å². The third kappa shape index (κ3) is 7.56. The van der Waals surface area contributed by atoms with Crippen LogP contribution in [0.2, 0.25) is 0 Å². The first-order valence-electron chi connectivity index (χ1n) is 12.5. The number of methoxy groups -OCH3 is 1. The number of unbranched alkanes of at least 4 members (excludes halogenated alkanes) is 2. The van der Waals surface area contributed by atoms with E-state index in [9.17, 15) is 4.79 Å². The smallest absolute Gasteiger partial charge is 0.260 e. The van der Waals surface area contributed by atoms with Gasteiger partial charge in [0, 0.05) is 37.8 Å². The number of aromatic nitrogens is 1. The maximum atomic E-state index is 13.6. The number of anilines is 1. The van der Waals surface area contributed by atoms with Crippen molar-refractivity contribution in [2.24, 2.45) is 0 Å². The van der Waals surface area contributed by atoms with Gasteiger partial charge in [-0.1, -0.05) is 31.1 Å². The fraction of sp³-hybridized carbons (Fsp3) is 0.481. The van der Waals surface area contributed by atoms with E-state index in [2.05, 4.69) is 11.8 Å². The van der Waals surface area contributed by atoms with Crippen LogP contribution in [0.4, 0.5) is 5.13 Å². The number of rotatable bonds is 12. The second-order valence-corrected chi connectivity index (χ2v) is 9.68. The SMILES string of the molecule is CCCCCOc1ccc(C(=O)N(CCCN2CCOCC2)c2nc3cc(OC)ccc3s2)cc1.Cl. The van der Waals surface area contributed by atoms with Gasteiger partial charge in [-0.2, -0.15) is 0 Å². The number of benzene rings is 2. The number of fused-ring (bicyclic) bond motifs is 1. The molecule has 4 rings (SSSR count). The zero-order valence-electron chi connectivity index (χ0n) is 21.1. The molecule has 3 aromatic rings. The van der Waals surface area contributed by atoms with Crippen LogP contribution in [0.3, 0.4) is 0 Å². The van der Waals surface area contributed by atoms with Crippen LogP contribution in [0, 0.1) is 0 Å². The van der Waals surface area contributed by atoms with Crippen molar-refractivity contribution in [3.05, 3.63) is 48.0 Å². The van der Waals surface area contributed by atoms with E-state index in [1.807, 2.05) is 47.4 Å². The van der Waals surface area contributed by atoms with Crippen molar-refractivity contribution in [1.29, 1.82) is 0 Å². The minimum Gasteiger partial charge on any atom is -0.497 e. The average Bonchev–Trinajstić information content (AvgIpc) is 3.32. The molecule has 36 heavy (non-hydrogen) atoms. The predicted molar refractivity (Wildman–Crippen MR) is 148 cm³/mol. The highest BCUT2D eigenvalue weighted by Crippen LogP contribution is 2.32. The minimum atomic E-state index is -0.0458. The van der Waals surface area contributed by atoms with E-state index in [4.69, 9.17) is 19.2 Å². The van der Waals surface area contributed by atoms with Crippen LogP contribution in [0.5, 0.6) is 11.5 Å². The summed E-state index contributed by atoms with van der Waals surface area (Å²) in [5, 5.41) is 0.708. The Bertz CT molecular complexity index is 1090. The number of morpholine rings is 1. The highest BCUT2D eigenvalue weighted by molar-refractivity contribution is 7.22. The van der Waals surface area contributed by atoms with Gasteiger partial charge in [-0.3, -0.25) is 14.6 Å². The van der Waals surface area contributed by atoms with Crippen LogP contribution in [0.1, 0.15) is 43.0 Å². The summed E-state index contributed by atoms with van der Waals surface area (Å²) in [6.07, 6.45) is 4.22. The van der Waals surface area contributed by atoms with Gasteiger partial charge in [-0.25, -0.2) is 4.98 Å². The van der Waals surface area contributed by atoms with E-state index in [-0.39, 0.29) is 18.3 Å². The number of amides is 1. The van der Waals surface area contributed by atoms with E-state index in [0.717, 1.165) is 80.2 Å². The maximum Gasteiger partial charge on any atom is 0.260 e. The number of thiazole rings is 1. The number of hydrogen-bond acceptors (Lipinski definition) is 7. The zero-order valence-corrected chi connectivity index (χ0v) is 22.7. The molecule has 0 spiro atoms. The number of halogens is 1. The summed E-state index contributed by atoms with van der Waals surface area (Å²) in [4.78, 5) is 22.6. The molecule has 1 amide bonds. The summed E-state index contributed by atoms with van der Waals surface area (Å²) in [6.45, 7) is 7.82. The van der Waals surface area contributed by atoms with Crippen molar-refractivity contribution in [3.8, 4) is 11.5 Å². The lowest BCUT2D eigenvalue weighted by Gasteiger charge is -2.27. The van der Waals surface area contributed by atoms with E-state index in [0.29, 0.717) is 23.8 Å². The summed E-state index contributed by atoms with van der Waals surface area (Å²) in [5.41, 5.74) is 1.47. The fourth-order valence-corrected chi connectivity index (χ4v) is 5.06. The molecule has 0 aliphatic carbocycles. The third-order valence-corrected chi connectivity index (χ3v) is 7.20. The number of hydrogen-bond donors (Lipinski definition) is 0. The molecule has 196 valence electrons. The Kier molecular flexibility index (Phi) is 11.3. The highest BCUT2D eigenvalue weighted by atomic mass is 35.5. The molecule has 1 aromatic heterocycles. The van der Waals surface area contributed by atoms with Crippen molar-refractivity contribution < 1.29 is 19.0 Å². The van der Waals surface area contributed by atoms with E-state index >= 15 is 0 Å². The van der Waals surface area contributed by atoms with Crippen molar-refractivity contribution in [2.75, 3.05) is 58.0 Å². The van der Waals surface area contributed by atoms with Crippen molar-refractivity contribution in [3.63, 3.8) is 0 Å². The van der Waals surface area contributed by atoms with Gasteiger partial charge in [-0.15, -0.1) is 12.4 Å². The van der Waals surface area contributed by atoms with E-state index in [1.165, 1.54) is 11.3 Å². The predicted octanol–water partition coefficient (Wildman–Crippen LogP) is 5.66. The normalized spacial score (nSPS) is 13.8. The van der Waals surface area contributed by atoms with E-state index in [1.54, 1.807) is 7.11 Å². The average molecular weight is 534 g/mol. The van der Waals surface area contributed by atoms with Crippen LogP contribution in [-0.2, 0) is 4.74 Å². The van der Waals surface area contributed by atoms with E-state index < -0.39 is 0 Å². The van der Waals surface area contributed by atoms with Crippen molar-refractivity contribution in [1.82, 2.24) is 9.88 Å². The number of ether oxygens (including phenoxy) is 3. The molecule has 1 aliphatic rings. The summed E-state index contributed by atoms with van der Waals surface area (Å²) in [6, 6.07) is 13.3. The van der Waals surface area contributed by atoms with Gasteiger partial charge < -0.3 is 14.2 Å². The van der Waals surface area contributed by atoms with Gasteiger partial charge in [-0.05, 0) is 49.2 Å². The Labute approximate surface area is 223 Å². The molecular weight excluding hydrogens is 498 g/mol. The lowest BCUT2D eigenvalue weighted by molar-refractivity contribution is 0.0376. The lowest BCUT2D eigenvalue weighted by atomic mass is 10.2. The van der Waals surface area contributed by atoms with Gasteiger partial charge >= 0.3 is 0 Å². The Hall–Kier alpha value is -2.39. The van der Waals surface area contributed by atoms with Gasteiger partial charge in [0.15, 0.2) is 5.13 Å². The molecule has 0 unspecified atom stereocenters. The first-order chi connectivity index (χ1) is 17.2. The lowest BCUT2D eigenvalue weighted by Crippen LogP contribution is -2.39. The minimum absolute atomic E-state index is 0. The van der Waals surface area contributed by atoms with Crippen molar-refractivity contribution >= 4 is 45.0 Å². The Balaban J connectivity index is 0.00000361. The number of carbonyl (C=O) groups is 1. The largest absolute Gasteiger partial charge is 0.497 e. The van der Waals surface area contributed by atoms with Crippen LogP contribution in [0.15, 0.2) is 42.5 Å². The van der Waals surface area contributed by atoms with Crippen LogP contribution < -0.4 is 14.4 Å². The molecule has 1 saturated heterocycles. The van der Waals surface area contributed by atoms with Crippen molar-refractivity contribution in [2.45, 2.75) is 32.6 Å². The first-order valence-corrected chi connectivity index (χ1v) is 13.3. The molecular formula is C27H36ClN3O4S. The number of nitrogens with zero attached hydrogens (tertiary/aromatic N) is 3. The standard InChI is InChI=1S/C27H35N3O4S.ClH/c1-3-4-5-17-34-22-9-7-21(8-10-22)26(31)30(14-6-13-29-15-18-33-19-16-29)27-28-24-20-23(32-2)11-12-25(24)35-27;/h7-12,20H,3-6,13-19H2,1-2H3;1H. The second-order valence-electron chi connectivity index (χ2n) is 8.67. The quantitative estimate of drug-likeness (QED) is 0.280. The Morgan fingerprint density at radius 1 is 1.08 bits per heavy atom. The summed E-state index contributed by atoms with van der Waals surface area (Å²) >= 11 is 1.53. The molecule has 0 bridgehead atoms. The number of carbonyl (C=O) groups excluding carboxylic acids is 1. The Morgan fingerprint density at radius 3 is 2.56 bits per heavy atom. The molecule has 1 fully saturated rings. The maximum absolute atomic E-state index is 13.6. The summed E-state index contributed by atoms with van der Waals surface area (Å²) in [5.74, 6) is 1.51. The van der Waals surface area contributed by atoms with Crippen LogP contribution in [0.25, 0.3) is 10.2 Å². The molecule has 1 aliphatic heterocycles. The molecule has 0 N–H and O–H groups in total. The van der Waals surface area contributed by atoms with Gasteiger partial charge in [0.1, 0.15) is 11.5 Å². The van der Waals surface area contributed by atoms with Crippen LogP contribution in [-0.4, -0.2) is 68.9 Å². The van der Waals surface area contributed by atoms with Gasteiger partial charge in [0.05, 0.1) is 37.1 Å². The Morgan fingerprint density at radius 2 is 1.83 bits per heavy atom. The second kappa shape index (κ2) is 14.4. The monoisotopic (exact) mass is 533 g/mol. The van der Waals surface area contributed by atoms with Gasteiger partial charge in [0.2, 0.25) is 0 Å². The first kappa shape index (κ1) is 28.2. The molecule has 0 saturated carbocycles. The summed E-state index contributed by atoms with van der Waals surface area (Å²) < 4.78 is 17.7. The highest BCUT2D eigenvalue weighted by Gasteiger charge is 2.22. The third-order valence-electron chi connectivity index (χ3n) is 6.14. The molecule has 7 nitrogen and oxygen atoms in total. The molecule has 2 aromatic carbocycles. The molecule has 0 radical (unpaired) electrons. The fourth-order valence-electron chi connectivity index (χ4n) is 4.09. The zero-order chi connectivity index (χ0) is 24.5. The molecule has 0 atom stereocenters. The molecule has 9 heteroatoms. The van der Waals surface area contributed by atoms with Crippen LogP contribution >= 0.6 is 23.7 Å². The summed E-state index contributed by atoms with van der Waals surface area (Å²) in [7, 11) is 1.65. The van der Waals surface area contributed by atoms with Gasteiger partial charge in [0.25, 0.3) is 5.91 Å².